The normalized spacial score (nSPS) is 23.6. The molecule has 0 saturated carbocycles. The molecule has 214 valence electrons. The summed E-state index contributed by atoms with van der Waals surface area (Å²) in [5.41, 5.74) is 8.23. The lowest BCUT2D eigenvalue weighted by Gasteiger charge is -2.24. The average molecular weight is 630 g/mol. The Bertz CT molecular complexity index is 954. The minimum Gasteiger partial charge on any atom is -0.379 e. The minimum atomic E-state index is -5.61. The smallest absolute Gasteiger partial charge is 0.379 e. The van der Waals surface area contributed by atoms with Crippen LogP contribution in [0.5, 0.6) is 0 Å². The molecule has 0 aromatic heterocycles. The van der Waals surface area contributed by atoms with Crippen LogP contribution in [0, 0.1) is 0 Å². The number of rotatable bonds is 18. The molecule has 37 heavy (non-hydrogen) atoms. The van der Waals surface area contributed by atoms with Gasteiger partial charge in [0.15, 0.2) is 0 Å². The zero-order valence-corrected chi connectivity index (χ0v) is 24.5. The summed E-state index contributed by atoms with van der Waals surface area (Å²) in [5, 5.41) is 6.19. The molecule has 1 amide bonds. The summed E-state index contributed by atoms with van der Waals surface area (Å²) < 4.78 is 57.0. The van der Waals surface area contributed by atoms with Crippen LogP contribution in [-0.4, -0.2) is 81.9 Å². The van der Waals surface area contributed by atoms with Crippen LogP contribution in [0.4, 0.5) is 0 Å². The van der Waals surface area contributed by atoms with E-state index in [1.165, 1.54) is 21.6 Å². The standard InChI is InChI=1S/C14H30BN4O13P3S2/c1-14(2,8-17-13(20)4-3-5-18-19-16)37-36-9-28-10-6-12(15)30-11(10)7-29-34(24,25)32-35(26,27)31-33(21,22)23/h10-12H,3-9,15H2,1-2H3,(H,17,20)(H,24,25)(H,26,27)(H2,21,22,23)/t10?,11-,12-/m1/s1. The first kappa shape index (κ1) is 34.9. The van der Waals surface area contributed by atoms with Crippen molar-refractivity contribution in [3.8, 4) is 0 Å². The Balaban J connectivity index is 2.44. The molecule has 0 bridgehead atoms. The fraction of sp³-hybridized carbons (Fsp3) is 0.929. The Kier molecular flexibility index (Phi) is 14.7. The lowest BCUT2D eigenvalue weighted by molar-refractivity contribution is -0.121. The van der Waals surface area contributed by atoms with Crippen molar-refractivity contribution in [3.05, 3.63) is 10.4 Å². The highest BCUT2D eigenvalue weighted by Crippen LogP contribution is 2.66. The van der Waals surface area contributed by atoms with Crippen molar-refractivity contribution < 1.29 is 60.7 Å². The number of nitrogens with one attached hydrogen (secondary N) is 1. The predicted octanol–water partition coefficient (Wildman–Crippen LogP) is 1.79. The highest BCUT2D eigenvalue weighted by atomic mass is 33.1. The van der Waals surface area contributed by atoms with Crippen LogP contribution in [-0.2, 0) is 41.1 Å². The Labute approximate surface area is 222 Å². The van der Waals surface area contributed by atoms with Crippen molar-refractivity contribution in [1.29, 1.82) is 0 Å². The maximum atomic E-state index is 11.9. The van der Waals surface area contributed by atoms with E-state index in [1.807, 2.05) is 13.8 Å². The second-order valence-corrected chi connectivity index (χ2v) is 15.6. The number of nitrogens with zero attached hydrogens (tertiary/aromatic N) is 3. The number of phosphoric acid groups is 3. The maximum absolute atomic E-state index is 11.9. The highest BCUT2D eigenvalue weighted by Gasteiger charge is 2.42. The largest absolute Gasteiger partial charge is 0.490 e. The van der Waals surface area contributed by atoms with E-state index in [2.05, 4.69) is 28.5 Å². The molecule has 3 unspecified atom stereocenters. The maximum Gasteiger partial charge on any atom is 0.490 e. The third kappa shape index (κ3) is 16.5. The van der Waals surface area contributed by atoms with E-state index < -0.39 is 42.3 Å². The van der Waals surface area contributed by atoms with Gasteiger partial charge < -0.3 is 34.4 Å². The average Bonchev–Trinajstić information content (AvgIpc) is 3.08. The number of phosphoric ester groups is 1. The first-order valence-electron chi connectivity index (χ1n) is 10.6. The number of hydrogen-bond donors (Lipinski definition) is 5. The molecule has 5 atom stereocenters. The Morgan fingerprint density at radius 2 is 1.92 bits per heavy atom. The van der Waals surface area contributed by atoms with Crippen molar-refractivity contribution >= 4 is 58.8 Å². The first-order chi connectivity index (χ1) is 16.9. The molecule has 1 aliphatic rings. The van der Waals surface area contributed by atoms with Crippen molar-refractivity contribution in [1.82, 2.24) is 5.32 Å². The second-order valence-electron chi connectivity index (χ2n) is 8.23. The Morgan fingerprint density at radius 3 is 2.54 bits per heavy atom. The number of amides is 1. The fourth-order valence-electron chi connectivity index (χ4n) is 2.80. The molecule has 23 heteroatoms. The van der Waals surface area contributed by atoms with Gasteiger partial charge in [-0.15, -0.1) is 0 Å². The van der Waals surface area contributed by atoms with Gasteiger partial charge in [0.1, 0.15) is 19.9 Å². The van der Waals surface area contributed by atoms with Crippen LogP contribution in [0.3, 0.4) is 0 Å². The molecule has 1 heterocycles. The number of ether oxygens (including phenoxy) is 2. The van der Waals surface area contributed by atoms with E-state index in [0.717, 1.165) is 0 Å². The summed E-state index contributed by atoms with van der Waals surface area (Å²) >= 11 is 0. The molecule has 0 radical (unpaired) electrons. The van der Waals surface area contributed by atoms with Gasteiger partial charge in [0, 0.05) is 35.2 Å². The molecular weight excluding hydrogens is 600 g/mol. The summed E-state index contributed by atoms with van der Waals surface area (Å²) in [4.78, 5) is 50.4. The summed E-state index contributed by atoms with van der Waals surface area (Å²) in [6, 6.07) is -0.289. The topological polar surface area (TPSA) is 256 Å². The molecule has 0 aromatic rings. The monoisotopic (exact) mass is 630 g/mol. The van der Waals surface area contributed by atoms with Gasteiger partial charge in [0.05, 0.1) is 12.7 Å². The summed E-state index contributed by atoms with van der Waals surface area (Å²) in [7, 11) is -11.8. The van der Waals surface area contributed by atoms with E-state index in [9.17, 15) is 28.3 Å². The van der Waals surface area contributed by atoms with Crippen LogP contribution >= 0.6 is 45.1 Å². The van der Waals surface area contributed by atoms with Crippen LogP contribution in [0.15, 0.2) is 5.11 Å². The van der Waals surface area contributed by atoms with E-state index in [-0.39, 0.29) is 35.6 Å². The van der Waals surface area contributed by atoms with Crippen LogP contribution in [0.25, 0.3) is 10.4 Å². The molecule has 1 saturated heterocycles. The minimum absolute atomic E-state index is 0.154. The molecule has 0 aliphatic carbocycles. The number of carbonyl (C=O) groups excluding carboxylic acids is 1. The molecule has 17 nitrogen and oxygen atoms in total. The van der Waals surface area contributed by atoms with Crippen LogP contribution in [0.2, 0.25) is 0 Å². The highest BCUT2D eigenvalue weighted by molar-refractivity contribution is 8.77. The van der Waals surface area contributed by atoms with Crippen LogP contribution < -0.4 is 5.32 Å². The van der Waals surface area contributed by atoms with Gasteiger partial charge in [-0.3, -0.25) is 9.32 Å². The SMILES string of the molecule is B[C@H]1CC(OCSSC(C)(C)CNC(=O)CCCN=[N+]=[N-])[C@@H](COP(=O)(O)OP(=O)(O)OP(=O)(O)O)O1. The Hall–Kier alpha value is -0.125. The lowest BCUT2D eigenvalue weighted by Crippen LogP contribution is -2.35. The van der Waals surface area contributed by atoms with Gasteiger partial charge in [-0.05, 0) is 32.2 Å². The third-order valence-corrected chi connectivity index (χ3v) is 11.0. The quantitative estimate of drug-likeness (QED) is 0.0211. The van der Waals surface area contributed by atoms with E-state index in [1.54, 1.807) is 7.85 Å². The molecule has 1 fully saturated rings. The zero-order valence-electron chi connectivity index (χ0n) is 20.1. The van der Waals surface area contributed by atoms with E-state index in [0.29, 0.717) is 19.4 Å². The molecular formula is C14H30BN4O13P3S2. The van der Waals surface area contributed by atoms with Crippen LogP contribution in [0.1, 0.15) is 33.1 Å². The molecule has 0 aromatic carbocycles. The zero-order chi connectivity index (χ0) is 28.3. The Morgan fingerprint density at radius 1 is 1.24 bits per heavy atom. The number of carbonyl (C=O) groups is 1. The molecule has 5 N–H and O–H groups in total. The summed E-state index contributed by atoms with van der Waals surface area (Å²) in [6.07, 6.45) is -0.280. The van der Waals surface area contributed by atoms with Crippen molar-refractivity contribution in [2.75, 3.05) is 25.6 Å². The number of hydrogen-bond acceptors (Lipinski definition) is 12. The molecule has 1 aliphatic heterocycles. The fourth-order valence-corrected chi connectivity index (χ4v) is 8.00. The van der Waals surface area contributed by atoms with Gasteiger partial charge in [-0.2, -0.15) is 8.62 Å². The first-order valence-corrected chi connectivity index (χ1v) is 17.4. The molecule has 0 spiro atoms. The number of azide groups is 1. The third-order valence-electron chi connectivity index (χ3n) is 4.26. The van der Waals surface area contributed by atoms with E-state index in [4.69, 9.17) is 24.8 Å². The van der Waals surface area contributed by atoms with E-state index >= 15 is 0 Å². The van der Waals surface area contributed by atoms with Crippen molar-refractivity contribution in [2.24, 2.45) is 5.11 Å². The predicted molar refractivity (Wildman–Crippen MR) is 137 cm³/mol. The van der Waals surface area contributed by atoms with Gasteiger partial charge in [-0.25, -0.2) is 13.7 Å². The summed E-state index contributed by atoms with van der Waals surface area (Å²) in [6.45, 7) is 3.90. The summed E-state index contributed by atoms with van der Waals surface area (Å²) in [5.74, 6) is 0.0414. The van der Waals surface area contributed by atoms with Gasteiger partial charge in [-0.1, -0.05) is 26.7 Å². The lowest BCUT2D eigenvalue weighted by atomic mass is 9.96. The van der Waals surface area contributed by atoms with Crippen molar-refractivity contribution in [3.63, 3.8) is 0 Å². The van der Waals surface area contributed by atoms with Gasteiger partial charge in [0.2, 0.25) is 5.91 Å². The molecule has 1 rings (SSSR count). The van der Waals surface area contributed by atoms with Gasteiger partial charge >= 0.3 is 23.5 Å². The second kappa shape index (κ2) is 15.6. The van der Waals surface area contributed by atoms with Gasteiger partial charge in [0.25, 0.3) is 0 Å². The van der Waals surface area contributed by atoms with Crippen molar-refractivity contribution in [2.45, 2.75) is 56.1 Å².